The first-order valence-electron chi connectivity index (χ1n) is 2.32. The Hall–Kier alpha value is -1.08. The fourth-order valence-corrected chi connectivity index (χ4v) is 1.07. The molecule has 0 aromatic carbocycles. The SMILES string of the molecule is N#C/C=C1\NC(N)=CS1. The third kappa shape index (κ3) is 1.40. The largest absolute Gasteiger partial charge is 0.385 e. The lowest BCUT2D eigenvalue weighted by Gasteiger charge is -1.93. The fourth-order valence-electron chi connectivity index (χ4n) is 0.457. The first-order valence-corrected chi connectivity index (χ1v) is 3.20. The van der Waals surface area contributed by atoms with Crippen LogP contribution in [0.2, 0.25) is 0 Å². The maximum Gasteiger partial charge on any atom is 0.108 e. The molecule has 0 aliphatic carbocycles. The summed E-state index contributed by atoms with van der Waals surface area (Å²) < 4.78 is 0. The zero-order chi connectivity index (χ0) is 6.69. The lowest BCUT2D eigenvalue weighted by molar-refractivity contribution is 1.03. The van der Waals surface area contributed by atoms with Gasteiger partial charge in [-0.1, -0.05) is 11.8 Å². The minimum absolute atomic E-state index is 0.599. The zero-order valence-corrected chi connectivity index (χ0v) is 5.40. The number of hydrogen-bond acceptors (Lipinski definition) is 4. The molecule has 0 bridgehead atoms. The highest BCUT2D eigenvalue weighted by atomic mass is 32.2. The van der Waals surface area contributed by atoms with Crippen molar-refractivity contribution in [3.63, 3.8) is 0 Å². The Kier molecular flexibility index (Phi) is 1.66. The average Bonchev–Trinajstić information content (AvgIpc) is 2.17. The number of nitrogens with two attached hydrogens (primary N) is 1. The number of nitrogens with zero attached hydrogens (tertiary/aromatic N) is 1. The van der Waals surface area contributed by atoms with E-state index in [4.69, 9.17) is 11.0 Å². The van der Waals surface area contributed by atoms with E-state index in [1.807, 2.05) is 6.07 Å². The molecule has 1 aliphatic rings. The van der Waals surface area contributed by atoms with Crippen LogP contribution < -0.4 is 11.1 Å². The van der Waals surface area contributed by atoms with Gasteiger partial charge in [0.2, 0.25) is 0 Å². The monoisotopic (exact) mass is 139 g/mol. The molecule has 1 heterocycles. The van der Waals surface area contributed by atoms with Crippen LogP contribution in [0, 0.1) is 11.3 Å². The van der Waals surface area contributed by atoms with Gasteiger partial charge in [-0.25, -0.2) is 0 Å². The molecule has 1 aliphatic heterocycles. The standard InChI is InChI=1S/C5H5N3S/c6-2-1-5-8-4(7)3-9-5/h1,3,8H,7H2/b5-1+. The van der Waals surface area contributed by atoms with Gasteiger partial charge in [-0.2, -0.15) is 5.26 Å². The lowest BCUT2D eigenvalue weighted by atomic mass is 10.6. The molecule has 0 unspecified atom stereocenters. The molecule has 46 valence electrons. The second-order valence-corrected chi connectivity index (χ2v) is 2.36. The predicted molar refractivity (Wildman–Crippen MR) is 36.7 cm³/mol. The summed E-state index contributed by atoms with van der Waals surface area (Å²) in [6.07, 6.45) is 1.42. The van der Waals surface area contributed by atoms with Crippen LogP contribution in [-0.2, 0) is 0 Å². The Morgan fingerprint density at radius 3 is 3.11 bits per heavy atom. The van der Waals surface area contributed by atoms with Gasteiger partial charge in [0.15, 0.2) is 0 Å². The van der Waals surface area contributed by atoms with E-state index in [0.29, 0.717) is 5.82 Å². The second kappa shape index (κ2) is 2.46. The number of hydrogen-bond donors (Lipinski definition) is 2. The van der Waals surface area contributed by atoms with Crippen molar-refractivity contribution in [3.05, 3.63) is 22.3 Å². The van der Waals surface area contributed by atoms with E-state index in [1.54, 1.807) is 5.41 Å². The van der Waals surface area contributed by atoms with Gasteiger partial charge in [-0.05, 0) is 0 Å². The van der Waals surface area contributed by atoms with Gasteiger partial charge in [-0.15, -0.1) is 0 Å². The summed E-state index contributed by atoms with van der Waals surface area (Å²) in [4.78, 5) is 0. The Balaban J connectivity index is 2.58. The fraction of sp³-hybridized carbons (Fsp3) is 0. The highest BCUT2D eigenvalue weighted by molar-refractivity contribution is 8.06. The van der Waals surface area contributed by atoms with E-state index in [9.17, 15) is 0 Å². The van der Waals surface area contributed by atoms with Gasteiger partial charge in [0.1, 0.15) is 5.82 Å². The Labute approximate surface area is 57.2 Å². The normalized spacial score (nSPS) is 20.8. The first kappa shape index (κ1) is 6.05. The molecular weight excluding hydrogens is 134 g/mol. The van der Waals surface area contributed by atoms with Crippen LogP contribution in [0.1, 0.15) is 0 Å². The van der Waals surface area contributed by atoms with Crippen LogP contribution in [0.3, 0.4) is 0 Å². The molecule has 0 aromatic heterocycles. The van der Waals surface area contributed by atoms with Crippen LogP contribution in [0.5, 0.6) is 0 Å². The summed E-state index contributed by atoms with van der Waals surface area (Å²) in [5.74, 6) is 0.599. The molecule has 0 radical (unpaired) electrons. The van der Waals surface area contributed by atoms with Crippen molar-refractivity contribution < 1.29 is 0 Å². The van der Waals surface area contributed by atoms with Crippen molar-refractivity contribution >= 4 is 11.8 Å². The van der Waals surface area contributed by atoms with Gasteiger partial charge in [-0.3, -0.25) is 0 Å². The van der Waals surface area contributed by atoms with E-state index in [0.717, 1.165) is 5.03 Å². The number of thioether (sulfide) groups is 1. The van der Waals surface area contributed by atoms with Crippen LogP contribution >= 0.6 is 11.8 Å². The van der Waals surface area contributed by atoms with E-state index in [1.165, 1.54) is 17.8 Å². The van der Waals surface area contributed by atoms with Crippen molar-refractivity contribution in [2.45, 2.75) is 0 Å². The molecule has 3 nitrogen and oxygen atoms in total. The van der Waals surface area contributed by atoms with Crippen molar-refractivity contribution in [2.24, 2.45) is 5.73 Å². The number of rotatable bonds is 0. The van der Waals surface area contributed by atoms with E-state index in [-0.39, 0.29) is 0 Å². The van der Waals surface area contributed by atoms with Gasteiger partial charge < -0.3 is 11.1 Å². The van der Waals surface area contributed by atoms with Crippen molar-refractivity contribution in [1.29, 1.82) is 5.26 Å². The summed E-state index contributed by atoms with van der Waals surface area (Å²) in [5, 5.41) is 13.5. The molecule has 0 spiro atoms. The summed E-state index contributed by atoms with van der Waals surface area (Å²) >= 11 is 1.42. The van der Waals surface area contributed by atoms with Crippen molar-refractivity contribution in [3.8, 4) is 6.07 Å². The third-order valence-corrected chi connectivity index (χ3v) is 1.62. The van der Waals surface area contributed by atoms with Gasteiger partial charge in [0.25, 0.3) is 0 Å². The molecule has 0 atom stereocenters. The van der Waals surface area contributed by atoms with Crippen LogP contribution in [0.25, 0.3) is 0 Å². The summed E-state index contributed by atoms with van der Waals surface area (Å²) in [7, 11) is 0. The molecular formula is C5H5N3S. The summed E-state index contributed by atoms with van der Waals surface area (Å²) in [6.45, 7) is 0. The molecule has 0 amide bonds. The maximum absolute atomic E-state index is 8.17. The van der Waals surface area contributed by atoms with Crippen molar-refractivity contribution in [1.82, 2.24) is 5.32 Å². The maximum atomic E-state index is 8.17. The zero-order valence-electron chi connectivity index (χ0n) is 4.59. The quantitative estimate of drug-likeness (QED) is 0.478. The minimum atomic E-state index is 0.599. The predicted octanol–water partition coefficient (Wildman–Crippen LogP) is 0.445. The minimum Gasteiger partial charge on any atom is -0.385 e. The topological polar surface area (TPSA) is 61.8 Å². The molecule has 1 rings (SSSR count). The summed E-state index contributed by atoms with van der Waals surface area (Å²) in [5.41, 5.74) is 5.33. The molecule has 0 aromatic rings. The molecule has 0 fully saturated rings. The molecule has 0 saturated carbocycles. The van der Waals surface area contributed by atoms with Gasteiger partial charge in [0.05, 0.1) is 11.1 Å². The lowest BCUT2D eigenvalue weighted by Crippen LogP contribution is -2.12. The summed E-state index contributed by atoms with van der Waals surface area (Å²) in [6, 6.07) is 1.90. The van der Waals surface area contributed by atoms with E-state index in [2.05, 4.69) is 5.32 Å². The number of nitriles is 1. The van der Waals surface area contributed by atoms with Crippen LogP contribution in [-0.4, -0.2) is 0 Å². The number of nitrogens with one attached hydrogen (secondary N) is 1. The van der Waals surface area contributed by atoms with Crippen LogP contribution in [0.4, 0.5) is 0 Å². The Morgan fingerprint density at radius 2 is 2.67 bits per heavy atom. The molecule has 3 N–H and O–H groups in total. The molecule has 0 saturated heterocycles. The first-order chi connectivity index (χ1) is 4.33. The van der Waals surface area contributed by atoms with Crippen molar-refractivity contribution in [2.75, 3.05) is 0 Å². The Morgan fingerprint density at radius 1 is 1.89 bits per heavy atom. The van der Waals surface area contributed by atoms with E-state index >= 15 is 0 Å². The molecule has 4 heteroatoms. The number of allylic oxidation sites excluding steroid dienone is 1. The van der Waals surface area contributed by atoms with Gasteiger partial charge in [0, 0.05) is 11.5 Å². The van der Waals surface area contributed by atoms with Crippen LogP contribution in [0.15, 0.2) is 22.3 Å². The van der Waals surface area contributed by atoms with Gasteiger partial charge >= 0.3 is 0 Å². The highest BCUT2D eigenvalue weighted by Gasteiger charge is 2.03. The van der Waals surface area contributed by atoms with E-state index < -0.39 is 0 Å². The molecule has 9 heavy (non-hydrogen) atoms. The smallest absolute Gasteiger partial charge is 0.108 e. The second-order valence-electron chi connectivity index (χ2n) is 1.45. The Bertz CT molecular complexity index is 211. The third-order valence-electron chi connectivity index (χ3n) is 0.776. The highest BCUT2D eigenvalue weighted by Crippen LogP contribution is 2.20. The average molecular weight is 139 g/mol.